The van der Waals surface area contributed by atoms with Crippen LogP contribution in [0.3, 0.4) is 0 Å². The molecular weight excluding hydrogens is 242 g/mol. The Morgan fingerprint density at radius 1 is 1.11 bits per heavy atom. The Labute approximate surface area is 106 Å². The number of azide groups is 1. The average molecular weight is 261 g/mol. The summed E-state index contributed by atoms with van der Waals surface area (Å²) in [6.07, 6.45) is -1.88. The monoisotopic (exact) mass is 261 g/mol. The van der Waals surface area contributed by atoms with Crippen molar-refractivity contribution in [3.63, 3.8) is 0 Å². The van der Waals surface area contributed by atoms with Crippen molar-refractivity contribution in [3.8, 4) is 0 Å². The van der Waals surface area contributed by atoms with E-state index in [-0.39, 0.29) is 6.10 Å². The molecule has 0 aromatic heterocycles. The molecule has 0 bridgehead atoms. The molecule has 8 heteroatoms. The summed E-state index contributed by atoms with van der Waals surface area (Å²) in [7, 11) is 6.12. The Kier molecular flexibility index (Phi) is 6.34. The summed E-state index contributed by atoms with van der Waals surface area (Å²) in [5.41, 5.74) is 8.60. The van der Waals surface area contributed by atoms with Crippen molar-refractivity contribution in [2.45, 2.75) is 30.6 Å². The molecule has 1 aliphatic rings. The Bertz CT molecular complexity index is 297. The second-order valence-corrected chi connectivity index (χ2v) is 3.83. The zero-order chi connectivity index (χ0) is 13.5. The molecule has 0 amide bonds. The van der Waals surface area contributed by atoms with Gasteiger partial charge in [0.2, 0.25) is 0 Å². The van der Waals surface area contributed by atoms with Crippen LogP contribution in [0.15, 0.2) is 5.11 Å². The minimum Gasteiger partial charge on any atom is -0.382 e. The standard InChI is InChI=1S/C10H19N3O5/c1-14-5-6-8(15-2)9(16-3)7(12-13-11)10(17-4)18-6/h6-10H,5H2,1-4H3/t6-,7-,8-,9-,10+/m1/s1. The van der Waals surface area contributed by atoms with Gasteiger partial charge in [-0.3, -0.25) is 0 Å². The summed E-state index contributed by atoms with van der Waals surface area (Å²) in [4.78, 5) is 2.79. The van der Waals surface area contributed by atoms with Crippen molar-refractivity contribution in [1.82, 2.24) is 0 Å². The first-order chi connectivity index (χ1) is 8.73. The number of methoxy groups -OCH3 is 4. The molecule has 1 saturated heterocycles. The van der Waals surface area contributed by atoms with Crippen molar-refractivity contribution in [3.05, 3.63) is 10.4 Å². The Morgan fingerprint density at radius 3 is 2.22 bits per heavy atom. The highest BCUT2D eigenvalue weighted by Gasteiger charge is 2.46. The fraction of sp³-hybridized carbons (Fsp3) is 1.00. The molecule has 0 aromatic rings. The molecular formula is C10H19N3O5. The van der Waals surface area contributed by atoms with Crippen molar-refractivity contribution in [2.75, 3.05) is 35.0 Å². The Morgan fingerprint density at radius 2 is 1.78 bits per heavy atom. The van der Waals surface area contributed by atoms with Crippen molar-refractivity contribution >= 4 is 0 Å². The third kappa shape index (κ3) is 3.11. The first-order valence-electron chi connectivity index (χ1n) is 5.50. The summed E-state index contributed by atoms with van der Waals surface area (Å²) in [5.74, 6) is 0. The normalized spacial score (nSPS) is 36.1. The van der Waals surface area contributed by atoms with E-state index in [4.69, 9.17) is 29.2 Å². The maximum atomic E-state index is 8.60. The van der Waals surface area contributed by atoms with Crippen LogP contribution in [-0.4, -0.2) is 65.7 Å². The molecule has 5 atom stereocenters. The lowest BCUT2D eigenvalue weighted by Crippen LogP contribution is -2.59. The SMILES string of the molecule is COC[C@H]1O[C@H](OC)[C@H](N=[N+]=[N-])[C@@H](OC)[C@@H]1OC. The first kappa shape index (κ1) is 15.2. The van der Waals surface area contributed by atoms with Crippen LogP contribution in [-0.2, 0) is 23.7 Å². The molecule has 1 heterocycles. The lowest BCUT2D eigenvalue weighted by molar-refractivity contribution is -0.267. The van der Waals surface area contributed by atoms with Gasteiger partial charge in [-0.05, 0) is 5.53 Å². The van der Waals surface area contributed by atoms with Gasteiger partial charge in [0.15, 0.2) is 6.29 Å². The van der Waals surface area contributed by atoms with E-state index < -0.39 is 24.5 Å². The van der Waals surface area contributed by atoms with Crippen molar-refractivity contribution in [1.29, 1.82) is 0 Å². The molecule has 18 heavy (non-hydrogen) atoms. The third-order valence-corrected chi connectivity index (χ3v) is 2.91. The first-order valence-corrected chi connectivity index (χ1v) is 5.50. The fourth-order valence-corrected chi connectivity index (χ4v) is 2.12. The predicted octanol–water partition coefficient (Wildman–Crippen LogP) is 0.713. The van der Waals surface area contributed by atoms with E-state index in [0.29, 0.717) is 6.61 Å². The van der Waals surface area contributed by atoms with Gasteiger partial charge in [-0.25, -0.2) is 0 Å². The van der Waals surface area contributed by atoms with Crippen LogP contribution in [0.1, 0.15) is 0 Å². The number of hydrogen-bond donors (Lipinski definition) is 0. The average Bonchev–Trinajstić information content (AvgIpc) is 2.39. The Hall–Kier alpha value is -0.890. The van der Waals surface area contributed by atoms with Gasteiger partial charge in [-0.2, -0.15) is 0 Å². The summed E-state index contributed by atoms with van der Waals surface area (Å²) in [5, 5.41) is 3.67. The summed E-state index contributed by atoms with van der Waals surface area (Å²) >= 11 is 0. The van der Waals surface area contributed by atoms with Crippen molar-refractivity contribution in [2.24, 2.45) is 5.11 Å². The molecule has 1 rings (SSSR count). The number of ether oxygens (including phenoxy) is 5. The predicted molar refractivity (Wildman–Crippen MR) is 62.1 cm³/mol. The van der Waals surface area contributed by atoms with Crippen LogP contribution in [0.5, 0.6) is 0 Å². The summed E-state index contributed by atoms with van der Waals surface area (Å²) in [6, 6.07) is -0.608. The molecule has 0 N–H and O–H groups in total. The molecule has 0 aliphatic carbocycles. The highest BCUT2D eigenvalue weighted by molar-refractivity contribution is 4.95. The second kappa shape index (κ2) is 7.52. The zero-order valence-electron chi connectivity index (χ0n) is 11.0. The van der Waals surface area contributed by atoms with Crippen LogP contribution >= 0.6 is 0 Å². The third-order valence-electron chi connectivity index (χ3n) is 2.91. The quantitative estimate of drug-likeness (QED) is 0.398. The fourth-order valence-electron chi connectivity index (χ4n) is 2.12. The maximum absolute atomic E-state index is 8.60. The van der Waals surface area contributed by atoms with E-state index in [2.05, 4.69) is 10.0 Å². The highest BCUT2D eigenvalue weighted by atomic mass is 16.7. The molecule has 0 spiro atoms. The molecule has 0 radical (unpaired) electrons. The molecule has 0 aromatic carbocycles. The van der Waals surface area contributed by atoms with E-state index in [1.54, 1.807) is 14.2 Å². The van der Waals surface area contributed by atoms with Gasteiger partial charge < -0.3 is 23.7 Å². The largest absolute Gasteiger partial charge is 0.382 e. The zero-order valence-corrected chi connectivity index (χ0v) is 11.0. The summed E-state index contributed by atoms with van der Waals surface area (Å²) in [6.45, 7) is 0.335. The minimum atomic E-state index is -0.683. The molecule has 1 fully saturated rings. The number of hydrogen-bond acceptors (Lipinski definition) is 6. The van der Waals surface area contributed by atoms with Gasteiger partial charge in [-0.1, -0.05) is 5.11 Å². The van der Waals surface area contributed by atoms with E-state index >= 15 is 0 Å². The van der Waals surface area contributed by atoms with Crippen LogP contribution < -0.4 is 0 Å². The summed E-state index contributed by atoms with van der Waals surface area (Å²) < 4.78 is 26.6. The number of rotatable bonds is 6. The highest BCUT2D eigenvalue weighted by Crippen LogP contribution is 2.28. The van der Waals surface area contributed by atoms with Crippen LogP contribution in [0.2, 0.25) is 0 Å². The van der Waals surface area contributed by atoms with Crippen molar-refractivity contribution < 1.29 is 23.7 Å². The lowest BCUT2D eigenvalue weighted by Gasteiger charge is -2.43. The molecule has 104 valence electrons. The van der Waals surface area contributed by atoms with Gasteiger partial charge in [0, 0.05) is 33.4 Å². The van der Waals surface area contributed by atoms with Gasteiger partial charge in [0.25, 0.3) is 0 Å². The van der Waals surface area contributed by atoms with Gasteiger partial charge in [0.05, 0.1) is 12.7 Å². The van der Waals surface area contributed by atoms with E-state index in [0.717, 1.165) is 0 Å². The molecule has 1 aliphatic heterocycles. The minimum absolute atomic E-state index is 0.335. The van der Waals surface area contributed by atoms with Crippen LogP contribution in [0.4, 0.5) is 0 Å². The smallest absolute Gasteiger partial charge is 0.168 e. The Balaban J connectivity index is 2.96. The van der Waals surface area contributed by atoms with Gasteiger partial charge >= 0.3 is 0 Å². The molecule has 8 nitrogen and oxygen atoms in total. The van der Waals surface area contributed by atoms with E-state index in [9.17, 15) is 0 Å². The van der Waals surface area contributed by atoms with E-state index in [1.165, 1.54) is 14.2 Å². The molecule has 0 saturated carbocycles. The topological polar surface area (TPSA) is 94.9 Å². The van der Waals surface area contributed by atoms with E-state index in [1.807, 2.05) is 0 Å². The van der Waals surface area contributed by atoms with Crippen LogP contribution in [0.25, 0.3) is 10.4 Å². The second-order valence-electron chi connectivity index (χ2n) is 3.83. The van der Waals surface area contributed by atoms with Crippen LogP contribution in [0, 0.1) is 0 Å². The maximum Gasteiger partial charge on any atom is 0.168 e. The number of nitrogens with zero attached hydrogens (tertiary/aromatic N) is 3. The van der Waals surface area contributed by atoms with Gasteiger partial charge in [-0.15, -0.1) is 0 Å². The van der Waals surface area contributed by atoms with Gasteiger partial charge in [0.1, 0.15) is 18.2 Å². The molecule has 0 unspecified atom stereocenters. The lowest BCUT2D eigenvalue weighted by atomic mass is 9.97.